The van der Waals surface area contributed by atoms with Crippen LogP contribution in [0.15, 0.2) is 0 Å². The van der Waals surface area contributed by atoms with Crippen molar-refractivity contribution in [3.05, 3.63) is 0 Å². The van der Waals surface area contributed by atoms with Crippen molar-refractivity contribution in [2.45, 2.75) is 69.7 Å². The lowest BCUT2D eigenvalue weighted by atomic mass is 9.68. The summed E-state index contributed by atoms with van der Waals surface area (Å²) in [6, 6.07) is 0. The van der Waals surface area contributed by atoms with Crippen molar-refractivity contribution < 1.29 is 28.5 Å². The minimum atomic E-state index is -0.752. The van der Waals surface area contributed by atoms with Gasteiger partial charge in [-0.15, -0.1) is 0 Å². The summed E-state index contributed by atoms with van der Waals surface area (Å²) in [5.74, 6) is -0.473. The highest BCUT2D eigenvalue weighted by molar-refractivity contribution is 5.77. The molecule has 0 spiro atoms. The van der Waals surface area contributed by atoms with Gasteiger partial charge in [-0.25, -0.2) is 0 Å². The Morgan fingerprint density at radius 3 is 1.48 bits per heavy atom. The number of hydrogen-bond donors (Lipinski definition) is 0. The van der Waals surface area contributed by atoms with E-state index in [1.807, 2.05) is 13.8 Å². The molecule has 3 aliphatic heterocycles. The molecule has 23 heavy (non-hydrogen) atoms. The molecular formula is C17H22O6. The third-order valence-corrected chi connectivity index (χ3v) is 6.42. The fourth-order valence-corrected chi connectivity index (χ4v) is 4.99. The summed E-state index contributed by atoms with van der Waals surface area (Å²) in [5, 5.41) is 0. The molecule has 0 unspecified atom stereocenters. The fourth-order valence-electron chi connectivity index (χ4n) is 4.99. The van der Waals surface area contributed by atoms with Crippen LogP contribution in [-0.2, 0) is 28.5 Å². The molecule has 5 rings (SSSR count). The second-order valence-electron chi connectivity index (χ2n) is 8.06. The Morgan fingerprint density at radius 1 is 0.739 bits per heavy atom. The number of hydrogen-bond acceptors (Lipinski definition) is 6. The molecule has 0 aromatic rings. The van der Waals surface area contributed by atoms with Gasteiger partial charge in [0, 0.05) is 11.8 Å². The highest BCUT2D eigenvalue weighted by Gasteiger charge is 2.63. The van der Waals surface area contributed by atoms with Crippen molar-refractivity contribution in [1.29, 1.82) is 0 Å². The molecule has 5 aliphatic rings. The second kappa shape index (κ2) is 4.48. The molecular weight excluding hydrogens is 300 g/mol. The van der Waals surface area contributed by atoms with Gasteiger partial charge >= 0.3 is 11.9 Å². The van der Waals surface area contributed by atoms with Crippen molar-refractivity contribution in [3.63, 3.8) is 0 Å². The second-order valence-corrected chi connectivity index (χ2v) is 8.06. The molecule has 6 nitrogen and oxygen atoms in total. The van der Waals surface area contributed by atoms with Crippen molar-refractivity contribution >= 4 is 11.9 Å². The van der Waals surface area contributed by atoms with E-state index >= 15 is 0 Å². The lowest BCUT2D eigenvalue weighted by molar-refractivity contribution is -0.169. The predicted molar refractivity (Wildman–Crippen MR) is 76.0 cm³/mol. The number of esters is 2. The van der Waals surface area contributed by atoms with Crippen molar-refractivity contribution in [2.75, 3.05) is 0 Å². The molecule has 8 atom stereocenters. The van der Waals surface area contributed by atoms with E-state index in [1.165, 1.54) is 0 Å². The first-order chi connectivity index (χ1) is 10.9. The quantitative estimate of drug-likeness (QED) is 0.716. The van der Waals surface area contributed by atoms with Gasteiger partial charge in [0.2, 0.25) is 0 Å². The van der Waals surface area contributed by atoms with Gasteiger partial charge in [0.1, 0.15) is 24.4 Å². The zero-order valence-electron chi connectivity index (χ0n) is 13.4. The minimum absolute atomic E-state index is 0.0236. The molecule has 6 heteroatoms. The van der Waals surface area contributed by atoms with Crippen LogP contribution in [0, 0.1) is 23.7 Å². The summed E-state index contributed by atoms with van der Waals surface area (Å²) in [5.41, 5.74) is 0. The zero-order chi connectivity index (χ0) is 15.9. The summed E-state index contributed by atoms with van der Waals surface area (Å²) in [4.78, 5) is 23.9. The number of rotatable bonds is 2. The fraction of sp³-hybridized carbons (Fsp3) is 0.882. The highest BCUT2D eigenvalue weighted by atomic mass is 16.8. The average Bonchev–Trinajstić information content (AvgIpc) is 2.88. The van der Waals surface area contributed by atoms with E-state index in [1.54, 1.807) is 0 Å². The lowest BCUT2D eigenvalue weighted by Gasteiger charge is -2.36. The topological polar surface area (TPSA) is 71.1 Å². The molecule has 3 saturated heterocycles. The molecule has 0 radical (unpaired) electrons. The molecule has 5 fully saturated rings. The van der Waals surface area contributed by atoms with Gasteiger partial charge in [-0.05, 0) is 39.5 Å². The average molecular weight is 322 g/mol. The summed E-state index contributed by atoms with van der Waals surface area (Å²) in [6.07, 6.45) is 2.56. The van der Waals surface area contributed by atoms with E-state index in [4.69, 9.17) is 18.9 Å². The highest BCUT2D eigenvalue weighted by Crippen LogP contribution is 2.52. The number of ether oxygens (including phenoxy) is 4. The van der Waals surface area contributed by atoms with Crippen molar-refractivity contribution in [2.24, 2.45) is 23.7 Å². The SMILES string of the molecule is CC1(C)O[C@H]([C@@H]2OC(=O)[C@H]3CC[C@@H]23)[C@@H]([C@@H]2OC(=O)[C@H]3CC[C@@H]23)O1. The largest absolute Gasteiger partial charge is 0.459 e. The summed E-state index contributed by atoms with van der Waals surface area (Å²) in [7, 11) is 0. The predicted octanol–water partition coefficient (Wildman–Crippen LogP) is 1.41. The molecule has 0 aromatic carbocycles. The van der Waals surface area contributed by atoms with Gasteiger partial charge < -0.3 is 18.9 Å². The van der Waals surface area contributed by atoms with Crippen LogP contribution in [0.4, 0.5) is 0 Å². The number of carbonyl (C=O) groups is 2. The summed E-state index contributed by atoms with van der Waals surface area (Å²) < 4.78 is 23.5. The van der Waals surface area contributed by atoms with Gasteiger partial charge in [-0.2, -0.15) is 0 Å². The van der Waals surface area contributed by atoms with Crippen molar-refractivity contribution in [3.8, 4) is 0 Å². The van der Waals surface area contributed by atoms with E-state index in [9.17, 15) is 9.59 Å². The maximum absolute atomic E-state index is 12.0. The summed E-state index contributed by atoms with van der Waals surface area (Å²) >= 11 is 0. The maximum atomic E-state index is 12.0. The van der Waals surface area contributed by atoms with Crippen LogP contribution in [0.1, 0.15) is 39.5 Å². The van der Waals surface area contributed by atoms with E-state index in [0.29, 0.717) is 0 Å². The molecule has 0 N–H and O–H groups in total. The number of fused-ring (bicyclic) bond motifs is 2. The monoisotopic (exact) mass is 322 g/mol. The van der Waals surface area contributed by atoms with E-state index < -0.39 is 5.79 Å². The Kier molecular flexibility index (Phi) is 2.77. The normalized spacial score (nSPS) is 53.0. The third kappa shape index (κ3) is 1.88. The van der Waals surface area contributed by atoms with Crippen LogP contribution in [-0.4, -0.2) is 42.1 Å². The maximum Gasteiger partial charge on any atom is 0.309 e. The molecule has 126 valence electrons. The first-order valence-corrected chi connectivity index (χ1v) is 8.71. The van der Waals surface area contributed by atoms with Crippen LogP contribution in [0.5, 0.6) is 0 Å². The van der Waals surface area contributed by atoms with Crippen LogP contribution >= 0.6 is 0 Å². The van der Waals surface area contributed by atoms with Crippen LogP contribution in [0.25, 0.3) is 0 Å². The van der Waals surface area contributed by atoms with E-state index in [0.717, 1.165) is 25.7 Å². The molecule has 0 amide bonds. The van der Waals surface area contributed by atoms with Crippen LogP contribution in [0.2, 0.25) is 0 Å². The molecule has 0 bridgehead atoms. The van der Waals surface area contributed by atoms with E-state index in [2.05, 4.69) is 0 Å². The zero-order valence-corrected chi connectivity index (χ0v) is 13.4. The van der Waals surface area contributed by atoms with Gasteiger partial charge in [0.15, 0.2) is 5.79 Å². The van der Waals surface area contributed by atoms with E-state index in [-0.39, 0.29) is 60.0 Å². The summed E-state index contributed by atoms with van der Waals surface area (Å²) in [6.45, 7) is 3.73. The number of cyclic esters (lactones) is 2. The first kappa shape index (κ1) is 14.2. The first-order valence-electron chi connectivity index (χ1n) is 8.71. The van der Waals surface area contributed by atoms with Gasteiger partial charge in [0.25, 0.3) is 0 Å². The lowest BCUT2D eigenvalue weighted by Crippen LogP contribution is -2.49. The Bertz CT molecular complexity index is 523. The Balaban J connectivity index is 1.42. The van der Waals surface area contributed by atoms with Crippen LogP contribution in [0.3, 0.4) is 0 Å². The molecule has 0 aromatic heterocycles. The van der Waals surface area contributed by atoms with Crippen LogP contribution < -0.4 is 0 Å². The van der Waals surface area contributed by atoms with Gasteiger partial charge in [0.05, 0.1) is 11.8 Å². The smallest absolute Gasteiger partial charge is 0.309 e. The minimum Gasteiger partial charge on any atom is -0.459 e. The molecule has 3 heterocycles. The molecule has 2 aliphatic carbocycles. The van der Waals surface area contributed by atoms with Gasteiger partial charge in [-0.3, -0.25) is 9.59 Å². The van der Waals surface area contributed by atoms with Crippen molar-refractivity contribution in [1.82, 2.24) is 0 Å². The third-order valence-electron chi connectivity index (χ3n) is 6.42. The number of carbonyl (C=O) groups excluding carboxylic acids is 2. The Labute approximate surface area is 134 Å². The molecule has 2 saturated carbocycles. The Hall–Kier alpha value is -1.14. The van der Waals surface area contributed by atoms with Gasteiger partial charge in [-0.1, -0.05) is 0 Å². The standard InChI is InChI=1S/C17H22O6/c1-17(2)22-13(11-7-3-5-9(7)15(18)20-11)14(23-17)12-8-4-6-10(8)16(19)21-12/h7-14H,3-6H2,1-2H3/t7-,8-,9+,10+,11-,12-,13-,14-/m1/s1. The Morgan fingerprint density at radius 2 is 1.17 bits per heavy atom.